The summed E-state index contributed by atoms with van der Waals surface area (Å²) in [6, 6.07) is 0.258. The maximum atomic E-state index is 12.0. The van der Waals surface area contributed by atoms with E-state index in [1.165, 1.54) is 0 Å². The molecule has 0 spiro atoms. The van der Waals surface area contributed by atoms with E-state index in [2.05, 4.69) is 27.8 Å². The van der Waals surface area contributed by atoms with E-state index in [-0.39, 0.29) is 18.0 Å². The van der Waals surface area contributed by atoms with Gasteiger partial charge in [0.1, 0.15) is 6.04 Å². The first-order valence-electron chi connectivity index (χ1n) is 7.72. The minimum atomic E-state index is -0.212. The lowest BCUT2D eigenvalue weighted by atomic mass is 10.0. The second kappa shape index (κ2) is 7.40. The fraction of sp³-hybridized carbons (Fsp3) is 0.786. The maximum absolute atomic E-state index is 12.0. The van der Waals surface area contributed by atoms with Crippen molar-refractivity contribution in [3.8, 4) is 0 Å². The Morgan fingerprint density at radius 2 is 2.29 bits per heavy atom. The van der Waals surface area contributed by atoms with Crippen molar-refractivity contribution in [3.05, 3.63) is 5.89 Å². The van der Waals surface area contributed by atoms with E-state index < -0.39 is 0 Å². The van der Waals surface area contributed by atoms with Crippen molar-refractivity contribution in [1.82, 2.24) is 20.8 Å². The summed E-state index contributed by atoms with van der Waals surface area (Å²) in [5.41, 5.74) is 0. The predicted molar refractivity (Wildman–Crippen MR) is 80.1 cm³/mol. The Morgan fingerprint density at radius 3 is 3.00 bits per heavy atom. The van der Waals surface area contributed by atoms with Gasteiger partial charge in [-0.3, -0.25) is 4.79 Å². The van der Waals surface area contributed by atoms with Crippen molar-refractivity contribution >= 4 is 11.9 Å². The SMILES string of the molecule is CCCNC(C)c1nnc(N2CCCCC2C(=O)NC)o1. The number of piperidine rings is 1. The summed E-state index contributed by atoms with van der Waals surface area (Å²) in [5.74, 6) is 0.575. The van der Waals surface area contributed by atoms with Gasteiger partial charge < -0.3 is 20.0 Å². The molecule has 2 N–H and O–H groups in total. The van der Waals surface area contributed by atoms with Gasteiger partial charge in [0.15, 0.2) is 0 Å². The fourth-order valence-corrected chi connectivity index (χ4v) is 2.57. The summed E-state index contributed by atoms with van der Waals surface area (Å²) in [6.07, 6.45) is 3.95. The lowest BCUT2D eigenvalue weighted by Crippen LogP contribution is -2.49. The quantitative estimate of drug-likeness (QED) is 0.821. The maximum Gasteiger partial charge on any atom is 0.318 e. The third-order valence-corrected chi connectivity index (χ3v) is 3.80. The summed E-state index contributed by atoms with van der Waals surface area (Å²) in [6.45, 7) is 5.79. The number of carbonyl (C=O) groups is 1. The van der Waals surface area contributed by atoms with Crippen LogP contribution in [0.2, 0.25) is 0 Å². The average molecular weight is 295 g/mol. The van der Waals surface area contributed by atoms with Gasteiger partial charge in [-0.25, -0.2) is 0 Å². The standard InChI is InChI=1S/C14H25N5O2/c1-4-8-16-10(2)13-17-18-14(21-13)19-9-6-5-7-11(19)12(20)15-3/h10-11,16H,4-9H2,1-3H3,(H,15,20). The Labute approximate surface area is 125 Å². The first-order chi connectivity index (χ1) is 10.2. The van der Waals surface area contributed by atoms with Crippen LogP contribution < -0.4 is 15.5 Å². The molecule has 1 saturated heterocycles. The molecule has 2 heterocycles. The number of nitrogens with zero attached hydrogens (tertiary/aromatic N) is 3. The predicted octanol–water partition coefficient (Wildman–Crippen LogP) is 1.24. The van der Waals surface area contributed by atoms with Crippen molar-refractivity contribution in [2.45, 2.75) is 51.6 Å². The summed E-state index contributed by atoms with van der Waals surface area (Å²) >= 11 is 0. The number of rotatable bonds is 6. The summed E-state index contributed by atoms with van der Waals surface area (Å²) in [7, 11) is 1.66. The van der Waals surface area contributed by atoms with Crippen LogP contribution in [0.3, 0.4) is 0 Å². The summed E-state index contributed by atoms with van der Waals surface area (Å²) in [4.78, 5) is 13.9. The van der Waals surface area contributed by atoms with Gasteiger partial charge in [0.25, 0.3) is 0 Å². The van der Waals surface area contributed by atoms with Gasteiger partial charge in [0.05, 0.1) is 6.04 Å². The highest BCUT2D eigenvalue weighted by atomic mass is 16.4. The fourth-order valence-electron chi connectivity index (χ4n) is 2.57. The Morgan fingerprint density at radius 1 is 1.48 bits per heavy atom. The number of likely N-dealkylation sites (N-methyl/N-ethyl adjacent to an activating group) is 1. The first kappa shape index (κ1) is 15.8. The highest BCUT2D eigenvalue weighted by Crippen LogP contribution is 2.25. The molecule has 7 heteroatoms. The van der Waals surface area contributed by atoms with Gasteiger partial charge in [0, 0.05) is 13.6 Å². The molecule has 1 aromatic rings. The van der Waals surface area contributed by atoms with Crippen LogP contribution in [0.15, 0.2) is 4.42 Å². The van der Waals surface area contributed by atoms with Gasteiger partial charge in [-0.15, -0.1) is 5.10 Å². The van der Waals surface area contributed by atoms with Crippen LogP contribution in [0.25, 0.3) is 0 Å². The molecule has 1 aliphatic heterocycles. The molecule has 1 fully saturated rings. The van der Waals surface area contributed by atoms with Crippen LogP contribution in [0.1, 0.15) is 51.5 Å². The van der Waals surface area contributed by atoms with Crippen LogP contribution in [0.5, 0.6) is 0 Å². The molecule has 118 valence electrons. The Balaban J connectivity index is 2.09. The zero-order valence-corrected chi connectivity index (χ0v) is 13.1. The van der Waals surface area contributed by atoms with Crippen LogP contribution in [0, 0.1) is 0 Å². The monoisotopic (exact) mass is 295 g/mol. The number of amides is 1. The van der Waals surface area contributed by atoms with E-state index in [9.17, 15) is 4.79 Å². The number of hydrogen-bond acceptors (Lipinski definition) is 6. The lowest BCUT2D eigenvalue weighted by Gasteiger charge is -2.32. The van der Waals surface area contributed by atoms with Crippen molar-refractivity contribution in [1.29, 1.82) is 0 Å². The van der Waals surface area contributed by atoms with Crippen LogP contribution in [-0.4, -0.2) is 42.3 Å². The molecule has 1 amide bonds. The van der Waals surface area contributed by atoms with Gasteiger partial charge in [-0.1, -0.05) is 12.0 Å². The zero-order valence-electron chi connectivity index (χ0n) is 13.1. The third-order valence-electron chi connectivity index (χ3n) is 3.80. The van der Waals surface area contributed by atoms with Crippen molar-refractivity contribution in [2.75, 3.05) is 25.0 Å². The van der Waals surface area contributed by atoms with E-state index in [0.717, 1.165) is 38.8 Å². The second-order valence-electron chi connectivity index (χ2n) is 5.42. The molecular weight excluding hydrogens is 270 g/mol. The Bertz CT molecular complexity index is 462. The normalized spacial score (nSPS) is 20.3. The van der Waals surface area contributed by atoms with Crippen molar-refractivity contribution < 1.29 is 9.21 Å². The largest absolute Gasteiger partial charge is 0.406 e. The highest BCUT2D eigenvalue weighted by Gasteiger charge is 2.31. The lowest BCUT2D eigenvalue weighted by molar-refractivity contribution is -0.122. The molecule has 0 aliphatic carbocycles. The molecule has 1 aromatic heterocycles. The molecule has 7 nitrogen and oxygen atoms in total. The minimum absolute atomic E-state index is 0.00612. The Hall–Kier alpha value is -1.63. The van der Waals surface area contributed by atoms with E-state index in [4.69, 9.17) is 4.42 Å². The van der Waals surface area contributed by atoms with Gasteiger partial charge >= 0.3 is 6.01 Å². The third kappa shape index (κ3) is 3.72. The number of aromatic nitrogens is 2. The van der Waals surface area contributed by atoms with Gasteiger partial charge in [0.2, 0.25) is 11.8 Å². The first-order valence-corrected chi connectivity index (χ1v) is 7.72. The highest BCUT2D eigenvalue weighted by molar-refractivity contribution is 5.84. The molecule has 2 unspecified atom stereocenters. The molecule has 2 atom stereocenters. The molecule has 0 saturated carbocycles. The van der Waals surface area contributed by atoms with Crippen LogP contribution in [0.4, 0.5) is 6.01 Å². The molecule has 0 radical (unpaired) electrons. The van der Waals surface area contributed by atoms with Gasteiger partial charge in [-0.05, 0) is 39.2 Å². The van der Waals surface area contributed by atoms with E-state index in [1.54, 1.807) is 7.05 Å². The number of nitrogens with one attached hydrogen (secondary N) is 2. The van der Waals surface area contributed by atoms with E-state index in [1.807, 2.05) is 11.8 Å². The molecule has 1 aliphatic rings. The number of anilines is 1. The van der Waals surface area contributed by atoms with Crippen molar-refractivity contribution in [2.24, 2.45) is 0 Å². The van der Waals surface area contributed by atoms with Crippen LogP contribution in [-0.2, 0) is 4.79 Å². The minimum Gasteiger partial charge on any atom is -0.406 e. The topological polar surface area (TPSA) is 83.3 Å². The molecule has 21 heavy (non-hydrogen) atoms. The smallest absolute Gasteiger partial charge is 0.318 e. The second-order valence-corrected chi connectivity index (χ2v) is 5.42. The summed E-state index contributed by atoms with van der Waals surface area (Å²) in [5, 5.41) is 14.3. The molecule has 0 aromatic carbocycles. The number of carbonyl (C=O) groups excluding carboxylic acids is 1. The molecule has 0 bridgehead atoms. The van der Waals surface area contributed by atoms with E-state index in [0.29, 0.717) is 11.9 Å². The Kier molecular flexibility index (Phi) is 5.55. The van der Waals surface area contributed by atoms with Crippen molar-refractivity contribution in [3.63, 3.8) is 0 Å². The van der Waals surface area contributed by atoms with Crippen LogP contribution >= 0.6 is 0 Å². The van der Waals surface area contributed by atoms with Gasteiger partial charge in [-0.2, -0.15) is 0 Å². The molecule has 2 rings (SSSR count). The average Bonchev–Trinajstić information content (AvgIpc) is 3.01. The summed E-state index contributed by atoms with van der Waals surface area (Å²) < 4.78 is 5.77. The van der Waals surface area contributed by atoms with E-state index >= 15 is 0 Å². The molecular formula is C14H25N5O2. The number of hydrogen-bond donors (Lipinski definition) is 2. The zero-order chi connectivity index (χ0) is 15.2.